The zero-order valence-corrected chi connectivity index (χ0v) is 15.3. The third-order valence-corrected chi connectivity index (χ3v) is 4.39. The van der Waals surface area contributed by atoms with Gasteiger partial charge in [0, 0.05) is 0 Å². The summed E-state index contributed by atoms with van der Waals surface area (Å²) in [6.45, 7) is 5.32. The molecule has 1 N–H and O–H groups in total. The Morgan fingerprint density at radius 1 is 1.27 bits per heavy atom. The number of hydrogen-bond acceptors (Lipinski definition) is 4. The molecular weight excluding hydrogens is 332 g/mol. The first-order chi connectivity index (χ1) is 12.4. The fourth-order valence-corrected chi connectivity index (χ4v) is 2.97. The molecule has 0 bridgehead atoms. The van der Waals surface area contributed by atoms with E-state index in [0.717, 1.165) is 5.56 Å². The van der Waals surface area contributed by atoms with E-state index in [1.165, 1.54) is 4.90 Å². The fraction of sp³-hybridized carbons (Fsp3) is 0.300. The smallest absolute Gasteiger partial charge is 0.268 e. The molecule has 0 aromatic heterocycles. The maximum atomic E-state index is 12.8. The van der Waals surface area contributed by atoms with Gasteiger partial charge in [0.2, 0.25) is 5.91 Å². The van der Waals surface area contributed by atoms with E-state index in [-0.39, 0.29) is 11.8 Å². The lowest BCUT2D eigenvalue weighted by atomic mass is 10.1. The molecule has 2 amide bonds. The van der Waals surface area contributed by atoms with Gasteiger partial charge >= 0.3 is 0 Å². The number of fused-ring (bicyclic) bond motifs is 1. The van der Waals surface area contributed by atoms with Crippen molar-refractivity contribution in [1.29, 1.82) is 0 Å². The van der Waals surface area contributed by atoms with E-state index in [1.807, 2.05) is 37.3 Å². The van der Waals surface area contributed by atoms with Crippen molar-refractivity contribution in [3.8, 4) is 11.5 Å². The molecule has 0 saturated carbocycles. The molecule has 0 radical (unpaired) electrons. The number of methoxy groups -OCH3 is 1. The van der Waals surface area contributed by atoms with Crippen LogP contribution >= 0.6 is 0 Å². The van der Waals surface area contributed by atoms with Gasteiger partial charge in [-0.15, -0.1) is 0 Å². The monoisotopic (exact) mass is 354 g/mol. The van der Waals surface area contributed by atoms with Crippen molar-refractivity contribution in [2.75, 3.05) is 17.3 Å². The molecular formula is C20H22N2O4. The van der Waals surface area contributed by atoms with Crippen LogP contribution in [0.1, 0.15) is 19.4 Å². The normalized spacial score (nSPS) is 17.2. The highest BCUT2D eigenvalue weighted by atomic mass is 16.5. The molecule has 1 aliphatic heterocycles. The summed E-state index contributed by atoms with van der Waals surface area (Å²) in [5.74, 6) is 0.612. The van der Waals surface area contributed by atoms with Gasteiger partial charge in [-0.3, -0.25) is 14.5 Å². The number of nitrogens with one attached hydrogen (secondary N) is 1. The van der Waals surface area contributed by atoms with E-state index < -0.39 is 12.1 Å². The van der Waals surface area contributed by atoms with Gasteiger partial charge < -0.3 is 14.8 Å². The summed E-state index contributed by atoms with van der Waals surface area (Å²) in [5, 5.41) is 2.84. The summed E-state index contributed by atoms with van der Waals surface area (Å²) in [5.41, 5.74) is 2.15. The number of para-hydroxylation sites is 2. The van der Waals surface area contributed by atoms with Crippen molar-refractivity contribution < 1.29 is 19.1 Å². The highest BCUT2D eigenvalue weighted by Gasteiger charge is 2.37. The van der Waals surface area contributed by atoms with Gasteiger partial charge in [0.05, 0.1) is 18.5 Å². The minimum absolute atomic E-state index is 0.245. The first-order valence-corrected chi connectivity index (χ1v) is 8.46. The van der Waals surface area contributed by atoms with Crippen LogP contribution in [0.15, 0.2) is 42.5 Å². The first kappa shape index (κ1) is 17.8. The predicted octanol–water partition coefficient (Wildman–Crippen LogP) is 3.14. The molecule has 1 aliphatic rings. The van der Waals surface area contributed by atoms with E-state index in [0.29, 0.717) is 22.9 Å². The van der Waals surface area contributed by atoms with E-state index in [1.54, 1.807) is 33.1 Å². The fourth-order valence-electron chi connectivity index (χ4n) is 2.97. The molecule has 0 fully saturated rings. The molecule has 2 aromatic rings. The quantitative estimate of drug-likeness (QED) is 0.916. The van der Waals surface area contributed by atoms with Crippen molar-refractivity contribution in [2.45, 2.75) is 32.9 Å². The number of rotatable bonds is 4. The van der Waals surface area contributed by atoms with Crippen LogP contribution in [-0.2, 0) is 9.59 Å². The van der Waals surface area contributed by atoms with Crippen LogP contribution in [0, 0.1) is 6.92 Å². The Hall–Kier alpha value is -3.02. The zero-order chi connectivity index (χ0) is 18.8. The largest absolute Gasteiger partial charge is 0.495 e. The van der Waals surface area contributed by atoms with E-state index in [2.05, 4.69) is 5.32 Å². The van der Waals surface area contributed by atoms with Crippen molar-refractivity contribution in [1.82, 2.24) is 0 Å². The predicted molar refractivity (Wildman–Crippen MR) is 99.8 cm³/mol. The Kier molecular flexibility index (Phi) is 4.84. The van der Waals surface area contributed by atoms with E-state index >= 15 is 0 Å². The lowest BCUT2D eigenvalue weighted by Gasteiger charge is -2.36. The Balaban J connectivity index is 1.91. The molecule has 6 nitrogen and oxygen atoms in total. The maximum Gasteiger partial charge on any atom is 0.268 e. The third kappa shape index (κ3) is 3.22. The minimum Gasteiger partial charge on any atom is -0.495 e. The number of carbonyl (C=O) groups is 2. The summed E-state index contributed by atoms with van der Waals surface area (Å²) >= 11 is 0. The second kappa shape index (κ2) is 7.07. The highest BCUT2D eigenvalue weighted by Crippen LogP contribution is 2.36. The molecule has 0 aliphatic carbocycles. The van der Waals surface area contributed by atoms with Gasteiger partial charge in [0.25, 0.3) is 5.91 Å². The van der Waals surface area contributed by atoms with Crippen molar-refractivity contribution in [2.24, 2.45) is 0 Å². The molecule has 0 saturated heterocycles. The number of aryl methyl sites for hydroxylation is 1. The molecule has 6 heteroatoms. The van der Waals surface area contributed by atoms with Crippen LogP contribution in [0.3, 0.4) is 0 Å². The molecule has 1 heterocycles. The van der Waals surface area contributed by atoms with Gasteiger partial charge in [0.15, 0.2) is 6.10 Å². The summed E-state index contributed by atoms with van der Waals surface area (Å²) in [6.07, 6.45) is -0.647. The van der Waals surface area contributed by atoms with Crippen LogP contribution in [0.2, 0.25) is 0 Å². The van der Waals surface area contributed by atoms with E-state index in [9.17, 15) is 9.59 Å². The average molecular weight is 354 g/mol. The van der Waals surface area contributed by atoms with Gasteiger partial charge in [-0.2, -0.15) is 0 Å². The van der Waals surface area contributed by atoms with Crippen LogP contribution in [0.5, 0.6) is 11.5 Å². The molecule has 2 aromatic carbocycles. The minimum atomic E-state index is -0.709. The van der Waals surface area contributed by atoms with Crippen molar-refractivity contribution in [3.63, 3.8) is 0 Å². The van der Waals surface area contributed by atoms with E-state index in [4.69, 9.17) is 9.47 Å². The number of ether oxygens (including phenoxy) is 2. The van der Waals surface area contributed by atoms with Crippen LogP contribution < -0.4 is 19.7 Å². The first-order valence-electron chi connectivity index (χ1n) is 8.46. The van der Waals surface area contributed by atoms with Crippen LogP contribution in [0.4, 0.5) is 11.4 Å². The molecule has 136 valence electrons. The number of hydrogen-bond donors (Lipinski definition) is 1. The van der Waals surface area contributed by atoms with Gasteiger partial charge in [-0.05, 0) is 50.6 Å². The molecule has 2 atom stereocenters. The lowest BCUT2D eigenvalue weighted by molar-refractivity contribution is -0.128. The second-order valence-corrected chi connectivity index (χ2v) is 6.31. The second-order valence-electron chi connectivity index (χ2n) is 6.31. The topological polar surface area (TPSA) is 67.9 Å². The number of carbonyl (C=O) groups excluding carboxylic acids is 2. The van der Waals surface area contributed by atoms with Gasteiger partial charge in [-0.25, -0.2) is 0 Å². The number of benzene rings is 2. The van der Waals surface area contributed by atoms with Crippen LogP contribution in [0.25, 0.3) is 0 Å². The summed E-state index contributed by atoms with van der Waals surface area (Å²) in [7, 11) is 1.54. The van der Waals surface area contributed by atoms with Crippen molar-refractivity contribution >= 4 is 23.2 Å². The highest BCUT2D eigenvalue weighted by molar-refractivity contribution is 6.08. The van der Waals surface area contributed by atoms with Gasteiger partial charge in [-0.1, -0.05) is 18.2 Å². The van der Waals surface area contributed by atoms with Crippen molar-refractivity contribution in [3.05, 3.63) is 48.0 Å². The molecule has 2 unspecified atom stereocenters. The molecule has 26 heavy (non-hydrogen) atoms. The zero-order valence-electron chi connectivity index (χ0n) is 15.3. The number of amides is 2. The SMILES string of the molecule is COc1ccccc1NC(=O)C(C)N1C(=O)C(C)Oc2ccc(C)cc21. The Labute approximate surface area is 152 Å². The Morgan fingerprint density at radius 3 is 2.73 bits per heavy atom. The number of nitrogens with zero attached hydrogens (tertiary/aromatic N) is 1. The third-order valence-electron chi connectivity index (χ3n) is 4.39. The molecule has 0 spiro atoms. The average Bonchev–Trinajstić information content (AvgIpc) is 2.63. The lowest BCUT2D eigenvalue weighted by Crippen LogP contribution is -2.52. The van der Waals surface area contributed by atoms with Crippen LogP contribution in [-0.4, -0.2) is 31.1 Å². The Bertz CT molecular complexity index is 849. The summed E-state index contributed by atoms with van der Waals surface area (Å²) in [6, 6.07) is 12.0. The Morgan fingerprint density at radius 2 is 2.00 bits per heavy atom. The van der Waals surface area contributed by atoms with Gasteiger partial charge in [0.1, 0.15) is 17.5 Å². The summed E-state index contributed by atoms with van der Waals surface area (Å²) < 4.78 is 10.9. The number of anilines is 2. The molecule has 3 rings (SSSR count). The maximum absolute atomic E-state index is 12.8. The standard InChI is InChI=1S/C20H22N2O4/c1-12-9-10-18-16(11-12)22(20(24)14(3)26-18)13(2)19(23)21-15-7-5-6-8-17(15)25-4/h5-11,13-14H,1-4H3,(H,21,23). The summed E-state index contributed by atoms with van der Waals surface area (Å²) in [4.78, 5) is 27.0.